The molecule has 6 nitrogen and oxygen atoms in total. The van der Waals surface area contributed by atoms with Crippen molar-refractivity contribution in [3.05, 3.63) is 53.6 Å². The zero-order chi connectivity index (χ0) is 15.5. The van der Waals surface area contributed by atoms with Gasteiger partial charge in [-0.3, -0.25) is 0 Å². The molecule has 0 aromatic carbocycles. The summed E-state index contributed by atoms with van der Waals surface area (Å²) in [5, 5.41) is 4.59. The molecule has 1 unspecified atom stereocenters. The molecule has 22 heavy (non-hydrogen) atoms. The van der Waals surface area contributed by atoms with Crippen molar-refractivity contribution in [3.8, 4) is 5.75 Å². The van der Waals surface area contributed by atoms with Gasteiger partial charge in [-0.2, -0.15) is 5.10 Å². The van der Waals surface area contributed by atoms with Crippen LogP contribution in [0.1, 0.15) is 11.9 Å². The number of aromatic nitrogens is 4. The molecule has 0 aliphatic rings. The third-order valence-corrected chi connectivity index (χ3v) is 3.34. The van der Waals surface area contributed by atoms with Crippen molar-refractivity contribution in [3.63, 3.8) is 0 Å². The summed E-state index contributed by atoms with van der Waals surface area (Å²) in [5.41, 5.74) is 0.666. The van der Waals surface area contributed by atoms with Gasteiger partial charge >= 0.3 is 0 Å². The van der Waals surface area contributed by atoms with Gasteiger partial charge in [0.1, 0.15) is 17.9 Å². The van der Waals surface area contributed by atoms with Crippen molar-refractivity contribution in [2.24, 2.45) is 0 Å². The van der Waals surface area contributed by atoms with E-state index in [0.717, 1.165) is 12.4 Å². The van der Waals surface area contributed by atoms with Crippen LogP contribution in [-0.4, -0.2) is 33.3 Å². The Balaban J connectivity index is 1.80. The van der Waals surface area contributed by atoms with Gasteiger partial charge in [-0.1, -0.05) is 11.6 Å². The van der Waals surface area contributed by atoms with Gasteiger partial charge in [0.15, 0.2) is 17.7 Å². The molecule has 0 aliphatic heterocycles. The van der Waals surface area contributed by atoms with Crippen LogP contribution in [0.2, 0.25) is 5.02 Å². The van der Waals surface area contributed by atoms with Crippen molar-refractivity contribution < 1.29 is 13.9 Å². The van der Waals surface area contributed by atoms with Gasteiger partial charge in [-0.15, -0.1) is 0 Å². The van der Waals surface area contributed by atoms with E-state index in [1.807, 2.05) is 0 Å². The molecule has 3 aromatic rings. The highest BCUT2D eigenvalue weighted by Gasteiger charge is 2.16. The molecule has 114 valence electrons. The number of halogens is 2. The maximum atomic E-state index is 12.9. The summed E-state index contributed by atoms with van der Waals surface area (Å²) in [7, 11) is 1.51. The highest BCUT2D eigenvalue weighted by molar-refractivity contribution is 6.34. The van der Waals surface area contributed by atoms with E-state index in [9.17, 15) is 4.39 Å². The maximum absolute atomic E-state index is 12.9. The Labute approximate surface area is 130 Å². The van der Waals surface area contributed by atoms with Crippen LogP contribution in [0.4, 0.5) is 4.39 Å². The Morgan fingerprint density at radius 1 is 1.32 bits per heavy atom. The third-order valence-electron chi connectivity index (χ3n) is 3.06. The standard InChI is InChI=1S/C14H12ClFN4O2/c1-21-12(14-17-5-9(16)6-18-14)8-22-11-3-2-4-20-13(11)10(15)7-19-20/h2-7,12H,8H2,1H3. The Kier molecular flexibility index (Phi) is 4.17. The van der Waals surface area contributed by atoms with Crippen LogP contribution in [0.3, 0.4) is 0 Å². The van der Waals surface area contributed by atoms with E-state index >= 15 is 0 Å². The lowest BCUT2D eigenvalue weighted by atomic mass is 10.3. The molecule has 3 heterocycles. The van der Waals surface area contributed by atoms with Gasteiger partial charge < -0.3 is 9.47 Å². The van der Waals surface area contributed by atoms with E-state index in [2.05, 4.69) is 15.1 Å². The van der Waals surface area contributed by atoms with Crippen LogP contribution in [0.5, 0.6) is 5.75 Å². The highest BCUT2D eigenvalue weighted by atomic mass is 35.5. The number of ether oxygens (including phenoxy) is 2. The van der Waals surface area contributed by atoms with Gasteiger partial charge in [0, 0.05) is 13.3 Å². The summed E-state index contributed by atoms with van der Waals surface area (Å²) in [6.45, 7) is 0.156. The number of hydrogen-bond donors (Lipinski definition) is 0. The zero-order valence-electron chi connectivity index (χ0n) is 11.6. The zero-order valence-corrected chi connectivity index (χ0v) is 12.4. The van der Waals surface area contributed by atoms with Crippen LogP contribution in [0.25, 0.3) is 5.52 Å². The number of fused-ring (bicyclic) bond motifs is 1. The molecule has 0 radical (unpaired) electrons. The fraction of sp³-hybridized carbons (Fsp3) is 0.214. The molecule has 0 fully saturated rings. The average Bonchev–Trinajstić information content (AvgIpc) is 2.92. The normalized spacial score (nSPS) is 12.5. The molecule has 0 N–H and O–H groups in total. The molecular weight excluding hydrogens is 311 g/mol. The Morgan fingerprint density at radius 2 is 2.09 bits per heavy atom. The van der Waals surface area contributed by atoms with Gasteiger partial charge in [0.05, 0.1) is 23.6 Å². The van der Waals surface area contributed by atoms with E-state index in [0.29, 0.717) is 22.1 Å². The van der Waals surface area contributed by atoms with E-state index in [1.165, 1.54) is 7.11 Å². The van der Waals surface area contributed by atoms with Gasteiger partial charge in [0.2, 0.25) is 0 Å². The van der Waals surface area contributed by atoms with Gasteiger partial charge in [-0.25, -0.2) is 18.9 Å². The SMILES string of the molecule is COC(COc1cccn2ncc(Cl)c12)c1ncc(F)cn1. The number of nitrogens with zero attached hydrogens (tertiary/aromatic N) is 4. The predicted octanol–water partition coefficient (Wildman–Crippen LogP) is 2.68. The summed E-state index contributed by atoms with van der Waals surface area (Å²) in [6, 6.07) is 3.57. The first-order valence-electron chi connectivity index (χ1n) is 6.44. The lowest BCUT2D eigenvalue weighted by molar-refractivity contribution is 0.0515. The number of pyridine rings is 1. The third kappa shape index (κ3) is 2.86. The van der Waals surface area contributed by atoms with Gasteiger partial charge in [0.25, 0.3) is 0 Å². The minimum Gasteiger partial charge on any atom is -0.488 e. The molecule has 0 saturated heterocycles. The average molecular weight is 323 g/mol. The second-order valence-corrected chi connectivity index (χ2v) is 4.86. The van der Waals surface area contributed by atoms with Crippen LogP contribution < -0.4 is 4.74 Å². The van der Waals surface area contributed by atoms with Crippen molar-refractivity contribution in [1.82, 2.24) is 19.6 Å². The fourth-order valence-electron chi connectivity index (χ4n) is 1.99. The molecule has 0 bridgehead atoms. The highest BCUT2D eigenvalue weighted by Crippen LogP contribution is 2.27. The Morgan fingerprint density at radius 3 is 2.82 bits per heavy atom. The summed E-state index contributed by atoms with van der Waals surface area (Å²) in [6.07, 6.45) is 4.96. The summed E-state index contributed by atoms with van der Waals surface area (Å²) >= 11 is 6.10. The number of rotatable bonds is 5. The largest absolute Gasteiger partial charge is 0.488 e. The molecule has 0 spiro atoms. The Bertz CT molecular complexity index is 778. The molecule has 1 atom stereocenters. The summed E-state index contributed by atoms with van der Waals surface area (Å²) in [4.78, 5) is 7.79. The molecule has 3 aromatic heterocycles. The van der Waals surface area contributed by atoms with Crippen LogP contribution in [0.15, 0.2) is 36.9 Å². The van der Waals surface area contributed by atoms with E-state index < -0.39 is 11.9 Å². The van der Waals surface area contributed by atoms with Crippen molar-refractivity contribution in [2.75, 3.05) is 13.7 Å². The first kappa shape index (κ1) is 14.7. The maximum Gasteiger partial charge on any atom is 0.160 e. The molecule has 8 heteroatoms. The Hall–Kier alpha value is -2.25. The lowest BCUT2D eigenvalue weighted by Gasteiger charge is -2.15. The monoisotopic (exact) mass is 322 g/mol. The summed E-state index contributed by atoms with van der Waals surface area (Å²) < 4.78 is 25.5. The van der Waals surface area contributed by atoms with E-state index in [1.54, 1.807) is 29.0 Å². The minimum atomic E-state index is -0.525. The first-order valence-corrected chi connectivity index (χ1v) is 6.81. The smallest absolute Gasteiger partial charge is 0.160 e. The predicted molar refractivity (Wildman–Crippen MR) is 77.4 cm³/mol. The number of methoxy groups -OCH3 is 1. The van der Waals surface area contributed by atoms with Crippen LogP contribution in [0, 0.1) is 5.82 Å². The minimum absolute atomic E-state index is 0.156. The number of hydrogen-bond acceptors (Lipinski definition) is 5. The fourth-order valence-corrected chi connectivity index (χ4v) is 2.22. The molecule has 0 amide bonds. The van der Waals surface area contributed by atoms with Crippen molar-refractivity contribution in [2.45, 2.75) is 6.10 Å². The van der Waals surface area contributed by atoms with Crippen LogP contribution in [-0.2, 0) is 4.74 Å². The summed E-state index contributed by atoms with van der Waals surface area (Å²) in [5.74, 6) is 0.403. The molecular formula is C14H12ClFN4O2. The lowest BCUT2D eigenvalue weighted by Crippen LogP contribution is -2.15. The quantitative estimate of drug-likeness (QED) is 0.722. The van der Waals surface area contributed by atoms with Gasteiger partial charge in [-0.05, 0) is 12.1 Å². The molecule has 3 rings (SSSR count). The van der Waals surface area contributed by atoms with Crippen molar-refractivity contribution in [1.29, 1.82) is 0 Å². The van der Waals surface area contributed by atoms with E-state index in [4.69, 9.17) is 21.1 Å². The molecule has 0 saturated carbocycles. The molecule has 0 aliphatic carbocycles. The van der Waals surface area contributed by atoms with Crippen molar-refractivity contribution >= 4 is 17.1 Å². The first-order chi connectivity index (χ1) is 10.7. The second kappa shape index (κ2) is 6.25. The second-order valence-electron chi connectivity index (χ2n) is 4.45. The van der Waals surface area contributed by atoms with Crippen LogP contribution >= 0.6 is 11.6 Å². The topological polar surface area (TPSA) is 61.5 Å². The van der Waals surface area contributed by atoms with E-state index in [-0.39, 0.29) is 6.61 Å².